The molecule has 0 radical (unpaired) electrons. The molecule has 8 heteroatoms. The van der Waals surface area contributed by atoms with Crippen LogP contribution in [0.15, 0.2) is 67.1 Å². The van der Waals surface area contributed by atoms with Crippen molar-refractivity contribution in [2.24, 2.45) is 7.05 Å². The van der Waals surface area contributed by atoms with E-state index in [0.29, 0.717) is 35.9 Å². The van der Waals surface area contributed by atoms with Crippen LogP contribution in [0.1, 0.15) is 10.4 Å². The van der Waals surface area contributed by atoms with Crippen molar-refractivity contribution in [1.29, 1.82) is 0 Å². The average Bonchev–Trinajstić information content (AvgIpc) is 3.40. The standard InChI is InChI=1S/C23H22FN5O2/c1-28-13-11-25-22(28)21-19(16-7-9-17(24)10-8-16)15-29(27-21)14-12-26-23(30)18-5-3-4-6-20(18)31-2/h3-11,13,15H,12,14H2,1-2H3,(H,26,30). The van der Waals surface area contributed by atoms with Crippen LogP contribution in [0.25, 0.3) is 22.6 Å². The second-order valence-electron chi connectivity index (χ2n) is 6.98. The molecule has 0 saturated carbocycles. The number of para-hydroxylation sites is 1. The Morgan fingerprint density at radius 1 is 1.16 bits per heavy atom. The molecule has 1 amide bonds. The fourth-order valence-corrected chi connectivity index (χ4v) is 3.35. The maximum Gasteiger partial charge on any atom is 0.255 e. The summed E-state index contributed by atoms with van der Waals surface area (Å²) in [5.41, 5.74) is 2.84. The van der Waals surface area contributed by atoms with Crippen molar-refractivity contribution in [3.05, 3.63) is 78.5 Å². The number of benzene rings is 2. The molecule has 2 heterocycles. The lowest BCUT2D eigenvalue weighted by atomic mass is 10.1. The highest BCUT2D eigenvalue weighted by Crippen LogP contribution is 2.30. The number of aryl methyl sites for hydroxylation is 1. The van der Waals surface area contributed by atoms with Crippen LogP contribution in [-0.4, -0.2) is 38.9 Å². The molecule has 0 unspecified atom stereocenters. The van der Waals surface area contributed by atoms with Gasteiger partial charge in [0.15, 0.2) is 5.82 Å². The minimum absolute atomic E-state index is 0.215. The lowest BCUT2D eigenvalue weighted by Crippen LogP contribution is -2.27. The van der Waals surface area contributed by atoms with Gasteiger partial charge in [0.05, 0.1) is 19.2 Å². The fraction of sp³-hybridized carbons (Fsp3) is 0.174. The van der Waals surface area contributed by atoms with E-state index in [9.17, 15) is 9.18 Å². The van der Waals surface area contributed by atoms with Gasteiger partial charge in [-0.15, -0.1) is 0 Å². The Labute approximate surface area is 179 Å². The Morgan fingerprint density at radius 3 is 2.65 bits per heavy atom. The van der Waals surface area contributed by atoms with Crippen molar-refractivity contribution in [1.82, 2.24) is 24.6 Å². The summed E-state index contributed by atoms with van der Waals surface area (Å²) in [6, 6.07) is 13.3. The Kier molecular flexibility index (Phi) is 5.79. The molecular formula is C23H22FN5O2. The molecule has 158 valence electrons. The van der Waals surface area contributed by atoms with Crippen LogP contribution in [0.3, 0.4) is 0 Å². The third-order valence-corrected chi connectivity index (χ3v) is 4.93. The van der Waals surface area contributed by atoms with E-state index in [1.165, 1.54) is 19.2 Å². The van der Waals surface area contributed by atoms with E-state index in [4.69, 9.17) is 4.74 Å². The number of carbonyl (C=O) groups is 1. The first kappa shape index (κ1) is 20.3. The third-order valence-electron chi connectivity index (χ3n) is 4.93. The van der Waals surface area contributed by atoms with Crippen molar-refractivity contribution in [2.75, 3.05) is 13.7 Å². The minimum Gasteiger partial charge on any atom is -0.496 e. The number of methoxy groups -OCH3 is 1. The number of hydrogen-bond acceptors (Lipinski definition) is 4. The molecule has 7 nitrogen and oxygen atoms in total. The first-order valence-corrected chi connectivity index (χ1v) is 9.79. The van der Waals surface area contributed by atoms with Crippen molar-refractivity contribution in [3.8, 4) is 28.4 Å². The summed E-state index contributed by atoms with van der Waals surface area (Å²) < 4.78 is 22.3. The molecule has 2 aromatic carbocycles. The van der Waals surface area contributed by atoms with Crippen LogP contribution in [0.5, 0.6) is 5.75 Å². The molecule has 4 rings (SSSR count). The van der Waals surface area contributed by atoms with Gasteiger partial charge in [0.25, 0.3) is 5.91 Å². The molecule has 1 N–H and O–H groups in total. The van der Waals surface area contributed by atoms with Gasteiger partial charge in [-0.1, -0.05) is 24.3 Å². The number of halogens is 1. The Balaban J connectivity index is 1.54. The van der Waals surface area contributed by atoms with E-state index in [-0.39, 0.29) is 11.7 Å². The first-order chi connectivity index (χ1) is 15.1. The summed E-state index contributed by atoms with van der Waals surface area (Å²) in [5, 5.41) is 7.57. The Hall–Kier alpha value is -3.94. The van der Waals surface area contributed by atoms with E-state index >= 15 is 0 Å². The molecule has 0 aliphatic rings. The minimum atomic E-state index is -0.297. The van der Waals surface area contributed by atoms with E-state index in [2.05, 4.69) is 15.4 Å². The van der Waals surface area contributed by atoms with E-state index < -0.39 is 0 Å². The van der Waals surface area contributed by atoms with Crippen molar-refractivity contribution >= 4 is 5.91 Å². The molecule has 0 aliphatic carbocycles. The number of nitrogens with one attached hydrogen (secondary N) is 1. The summed E-state index contributed by atoms with van der Waals surface area (Å²) in [6.45, 7) is 0.834. The lowest BCUT2D eigenvalue weighted by molar-refractivity contribution is 0.0949. The van der Waals surface area contributed by atoms with Gasteiger partial charge < -0.3 is 14.6 Å². The number of aromatic nitrogens is 4. The van der Waals surface area contributed by atoms with Crippen LogP contribution in [0.4, 0.5) is 4.39 Å². The largest absolute Gasteiger partial charge is 0.496 e. The van der Waals surface area contributed by atoms with Crippen LogP contribution in [-0.2, 0) is 13.6 Å². The molecule has 0 fully saturated rings. The van der Waals surface area contributed by atoms with Gasteiger partial charge in [-0.25, -0.2) is 9.37 Å². The van der Waals surface area contributed by atoms with E-state index in [1.807, 2.05) is 30.1 Å². The number of carbonyl (C=O) groups excluding carboxylic acids is 1. The third kappa shape index (κ3) is 4.32. The molecule has 0 saturated heterocycles. The summed E-state index contributed by atoms with van der Waals surface area (Å²) in [5.74, 6) is 0.715. The highest BCUT2D eigenvalue weighted by molar-refractivity contribution is 5.96. The zero-order valence-corrected chi connectivity index (χ0v) is 17.2. The van der Waals surface area contributed by atoms with Crippen molar-refractivity contribution < 1.29 is 13.9 Å². The van der Waals surface area contributed by atoms with Crippen molar-refractivity contribution in [3.63, 3.8) is 0 Å². The van der Waals surface area contributed by atoms with Crippen LogP contribution < -0.4 is 10.1 Å². The molecule has 0 aliphatic heterocycles. The predicted molar refractivity (Wildman–Crippen MR) is 115 cm³/mol. The zero-order valence-electron chi connectivity index (χ0n) is 17.2. The van der Waals surface area contributed by atoms with Crippen molar-refractivity contribution in [2.45, 2.75) is 6.54 Å². The predicted octanol–water partition coefficient (Wildman–Crippen LogP) is 3.53. The van der Waals surface area contributed by atoms with Gasteiger partial charge in [0.2, 0.25) is 0 Å². The van der Waals surface area contributed by atoms with Gasteiger partial charge in [-0.3, -0.25) is 9.48 Å². The molecule has 2 aromatic heterocycles. The van der Waals surface area contributed by atoms with Gasteiger partial charge in [0.1, 0.15) is 17.3 Å². The van der Waals surface area contributed by atoms with Crippen LogP contribution >= 0.6 is 0 Å². The average molecular weight is 419 g/mol. The van der Waals surface area contributed by atoms with Crippen LogP contribution in [0.2, 0.25) is 0 Å². The first-order valence-electron chi connectivity index (χ1n) is 9.79. The number of rotatable bonds is 7. The highest BCUT2D eigenvalue weighted by atomic mass is 19.1. The molecule has 31 heavy (non-hydrogen) atoms. The number of nitrogens with zero attached hydrogens (tertiary/aromatic N) is 4. The normalized spacial score (nSPS) is 10.8. The molecule has 0 bridgehead atoms. The smallest absolute Gasteiger partial charge is 0.255 e. The maximum atomic E-state index is 13.4. The summed E-state index contributed by atoms with van der Waals surface area (Å²) in [6.07, 6.45) is 5.43. The summed E-state index contributed by atoms with van der Waals surface area (Å²) in [7, 11) is 3.43. The number of ether oxygens (including phenoxy) is 1. The van der Waals surface area contributed by atoms with Gasteiger partial charge in [-0.2, -0.15) is 5.10 Å². The van der Waals surface area contributed by atoms with E-state index in [0.717, 1.165) is 11.1 Å². The van der Waals surface area contributed by atoms with Crippen LogP contribution in [0, 0.1) is 5.82 Å². The molecule has 4 aromatic rings. The molecule has 0 atom stereocenters. The highest BCUT2D eigenvalue weighted by Gasteiger charge is 2.17. The summed E-state index contributed by atoms with van der Waals surface area (Å²) >= 11 is 0. The lowest BCUT2D eigenvalue weighted by Gasteiger charge is -2.09. The second kappa shape index (κ2) is 8.83. The summed E-state index contributed by atoms with van der Waals surface area (Å²) in [4.78, 5) is 16.9. The Bertz CT molecular complexity index is 1200. The Morgan fingerprint density at radius 2 is 1.94 bits per heavy atom. The monoisotopic (exact) mass is 419 g/mol. The van der Waals surface area contributed by atoms with E-state index in [1.54, 1.807) is 41.2 Å². The number of amides is 1. The second-order valence-corrected chi connectivity index (χ2v) is 6.98. The molecular weight excluding hydrogens is 397 g/mol. The number of imidazole rings is 1. The van der Waals surface area contributed by atoms with Gasteiger partial charge >= 0.3 is 0 Å². The van der Waals surface area contributed by atoms with Gasteiger partial charge in [0, 0.05) is 37.7 Å². The van der Waals surface area contributed by atoms with Gasteiger partial charge in [-0.05, 0) is 29.8 Å². The maximum absolute atomic E-state index is 13.4. The fourth-order valence-electron chi connectivity index (χ4n) is 3.35. The molecule has 0 spiro atoms. The quantitative estimate of drug-likeness (QED) is 0.497. The zero-order chi connectivity index (χ0) is 21.8. The number of hydrogen-bond donors (Lipinski definition) is 1. The SMILES string of the molecule is COc1ccccc1C(=O)NCCn1cc(-c2ccc(F)cc2)c(-c2nccn2C)n1. The topological polar surface area (TPSA) is 74.0 Å².